The molecule has 1 aromatic rings. The fourth-order valence-corrected chi connectivity index (χ4v) is 1.43. The van der Waals surface area contributed by atoms with E-state index in [1.54, 1.807) is 0 Å². The fourth-order valence-electron chi connectivity index (χ4n) is 1.43. The van der Waals surface area contributed by atoms with E-state index in [1.165, 1.54) is 7.11 Å². The van der Waals surface area contributed by atoms with Crippen LogP contribution in [0.4, 0.5) is 0 Å². The lowest BCUT2D eigenvalue weighted by atomic mass is 10.0. The van der Waals surface area contributed by atoms with Crippen molar-refractivity contribution < 1.29 is 9.94 Å². The molecule has 0 aromatic heterocycles. The molecule has 0 fully saturated rings. The van der Waals surface area contributed by atoms with E-state index in [4.69, 9.17) is 4.84 Å². The predicted molar refractivity (Wildman–Crippen MR) is 60.8 cm³/mol. The summed E-state index contributed by atoms with van der Waals surface area (Å²) in [6, 6.07) is 9.48. The Morgan fingerprint density at radius 1 is 1.40 bits per heavy atom. The average molecular weight is 207 g/mol. The average Bonchev–Trinajstić information content (AvgIpc) is 2.29. The molecule has 3 nitrogen and oxygen atoms in total. The van der Waals surface area contributed by atoms with Gasteiger partial charge in [-0.25, -0.2) is 0 Å². The highest BCUT2D eigenvalue weighted by molar-refractivity contribution is 5.89. The van der Waals surface area contributed by atoms with Gasteiger partial charge in [-0.15, -0.1) is 0 Å². The van der Waals surface area contributed by atoms with Gasteiger partial charge in [0.05, 0.1) is 5.71 Å². The number of hydrogen-bond acceptors (Lipinski definition) is 3. The van der Waals surface area contributed by atoms with Gasteiger partial charge in [-0.3, -0.25) is 0 Å². The summed E-state index contributed by atoms with van der Waals surface area (Å²) in [5.74, 6) is 0. The Morgan fingerprint density at radius 3 is 2.60 bits per heavy atom. The highest BCUT2D eigenvalue weighted by Gasteiger charge is 2.14. The summed E-state index contributed by atoms with van der Waals surface area (Å²) in [4.78, 5) is 4.73. The summed E-state index contributed by atoms with van der Waals surface area (Å²) in [5, 5.41) is 13.9. The second kappa shape index (κ2) is 6.19. The molecule has 3 heteroatoms. The molecule has 0 amide bonds. The van der Waals surface area contributed by atoms with Crippen LogP contribution >= 0.6 is 0 Å². The molecule has 15 heavy (non-hydrogen) atoms. The van der Waals surface area contributed by atoms with Crippen LogP contribution in [0.25, 0.3) is 0 Å². The Kier molecular flexibility index (Phi) is 4.84. The van der Waals surface area contributed by atoms with Gasteiger partial charge in [0.2, 0.25) is 0 Å². The topological polar surface area (TPSA) is 41.8 Å². The van der Waals surface area contributed by atoms with Crippen LogP contribution in [-0.2, 0) is 4.84 Å². The molecule has 0 radical (unpaired) electrons. The number of aliphatic hydroxyl groups is 1. The molecule has 1 aromatic carbocycles. The van der Waals surface area contributed by atoms with Crippen LogP contribution < -0.4 is 0 Å². The highest BCUT2D eigenvalue weighted by Crippen LogP contribution is 2.16. The second-order valence-electron chi connectivity index (χ2n) is 3.33. The molecule has 0 aliphatic rings. The molecule has 0 spiro atoms. The van der Waals surface area contributed by atoms with E-state index in [0.29, 0.717) is 5.71 Å². The first-order valence-corrected chi connectivity index (χ1v) is 5.12. The van der Waals surface area contributed by atoms with Crippen LogP contribution in [0.3, 0.4) is 0 Å². The molecule has 0 saturated heterocycles. The SMILES string of the molecule is CCC/C(=N\OC)[C@H](O)c1ccccc1. The molecule has 0 bridgehead atoms. The summed E-state index contributed by atoms with van der Waals surface area (Å²) in [7, 11) is 1.49. The van der Waals surface area contributed by atoms with E-state index in [1.807, 2.05) is 37.3 Å². The third-order valence-corrected chi connectivity index (χ3v) is 2.15. The maximum atomic E-state index is 10.0. The van der Waals surface area contributed by atoms with Crippen molar-refractivity contribution in [1.82, 2.24) is 0 Å². The Labute approximate surface area is 90.4 Å². The zero-order valence-electron chi connectivity index (χ0n) is 9.18. The molecule has 0 aliphatic carbocycles. The van der Waals surface area contributed by atoms with Crippen molar-refractivity contribution in [2.24, 2.45) is 5.16 Å². The van der Waals surface area contributed by atoms with Gasteiger partial charge in [0.25, 0.3) is 0 Å². The maximum absolute atomic E-state index is 10.0. The van der Waals surface area contributed by atoms with Crippen molar-refractivity contribution in [3.63, 3.8) is 0 Å². The second-order valence-corrected chi connectivity index (χ2v) is 3.33. The van der Waals surface area contributed by atoms with Crippen molar-refractivity contribution in [1.29, 1.82) is 0 Å². The van der Waals surface area contributed by atoms with Gasteiger partial charge in [0.1, 0.15) is 13.2 Å². The first-order valence-electron chi connectivity index (χ1n) is 5.12. The first-order chi connectivity index (χ1) is 7.29. The van der Waals surface area contributed by atoms with Crippen molar-refractivity contribution in [3.8, 4) is 0 Å². The van der Waals surface area contributed by atoms with Gasteiger partial charge in [-0.2, -0.15) is 0 Å². The smallest absolute Gasteiger partial charge is 0.120 e. The third-order valence-electron chi connectivity index (χ3n) is 2.15. The van der Waals surface area contributed by atoms with Gasteiger partial charge in [0.15, 0.2) is 0 Å². The number of aliphatic hydroxyl groups excluding tert-OH is 1. The summed E-state index contributed by atoms with van der Waals surface area (Å²) in [5.41, 5.74) is 1.52. The minimum absolute atomic E-state index is 0.661. The number of nitrogens with zero attached hydrogens (tertiary/aromatic N) is 1. The van der Waals surface area contributed by atoms with Crippen molar-refractivity contribution >= 4 is 5.71 Å². The first kappa shape index (κ1) is 11.7. The van der Waals surface area contributed by atoms with Crippen LogP contribution in [0.1, 0.15) is 31.4 Å². The van der Waals surface area contributed by atoms with E-state index in [9.17, 15) is 5.11 Å². The molecule has 82 valence electrons. The van der Waals surface area contributed by atoms with Crippen LogP contribution in [0.5, 0.6) is 0 Å². The maximum Gasteiger partial charge on any atom is 0.120 e. The minimum Gasteiger partial charge on any atom is -0.399 e. The van der Waals surface area contributed by atoms with Crippen molar-refractivity contribution in [2.45, 2.75) is 25.9 Å². The molecule has 0 saturated carbocycles. The van der Waals surface area contributed by atoms with Crippen LogP contribution in [-0.4, -0.2) is 17.9 Å². The van der Waals surface area contributed by atoms with Crippen molar-refractivity contribution in [2.75, 3.05) is 7.11 Å². The predicted octanol–water partition coefficient (Wildman–Crippen LogP) is 2.52. The van der Waals surface area contributed by atoms with Crippen LogP contribution in [0, 0.1) is 0 Å². The van der Waals surface area contributed by atoms with Crippen LogP contribution in [0.2, 0.25) is 0 Å². The lowest BCUT2D eigenvalue weighted by molar-refractivity contribution is 0.193. The Balaban J connectivity index is 2.81. The number of oxime groups is 1. The largest absolute Gasteiger partial charge is 0.399 e. The van der Waals surface area contributed by atoms with E-state index >= 15 is 0 Å². The standard InChI is InChI=1S/C12H17NO2/c1-3-7-11(13-15-2)12(14)10-8-5-4-6-9-10/h4-6,8-9,12,14H,3,7H2,1-2H3/b13-11+/t12-/m1/s1. The van der Waals surface area contributed by atoms with Gasteiger partial charge >= 0.3 is 0 Å². The Morgan fingerprint density at radius 2 is 2.07 bits per heavy atom. The molecule has 1 N–H and O–H groups in total. The highest BCUT2D eigenvalue weighted by atomic mass is 16.6. The van der Waals surface area contributed by atoms with E-state index in [-0.39, 0.29) is 0 Å². The van der Waals surface area contributed by atoms with E-state index in [2.05, 4.69) is 5.16 Å². The molecule has 0 aliphatic heterocycles. The van der Waals surface area contributed by atoms with Gasteiger partial charge in [-0.05, 0) is 12.0 Å². The summed E-state index contributed by atoms with van der Waals surface area (Å²) in [6.45, 7) is 2.04. The zero-order valence-corrected chi connectivity index (χ0v) is 9.18. The lowest BCUT2D eigenvalue weighted by Crippen LogP contribution is -2.12. The summed E-state index contributed by atoms with van der Waals surface area (Å²) >= 11 is 0. The molecular formula is C12H17NO2. The van der Waals surface area contributed by atoms with Gasteiger partial charge in [0, 0.05) is 0 Å². The Hall–Kier alpha value is -1.35. The van der Waals surface area contributed by atoms with Gasteiger partial charge in [-0.1, -0.05) is 48.8 Å². The lowest BCUT2D eigenvalue weighted by Gasteiger charge is -2.12. The van der Waals surface area contributed by atoms with E-state index in [0.717, 1.165) is 18.4 Å². The molecular weight excluding hydrogens is 190 g/mol. The number of benzene rings is 1. The number of rotatable bonds is 5. The molecule has 1 atom stereocenters. The monoisotopic (exact) mass is 207 g/mol. The number of hydrogen-bond donors (Lipinski definition) is 1. The minimum atomic E-state index is -0.661. The van der Waals surface area contributed by atoms with Crippen molar-refractivity contribution in [3.05, 3.63) is 35.9 Å². The fraction of sp³-hybridized carbons (Fsp3) is 0.417. The molecule has 0 unspecified atom stereocenters. The van der Waals surface area contributed by atoms with E-state index < -0.39 is 6.10 Å². The summed E-state index contributed by atoms with van der Waals surface area (Å²) in [6.07, 6.45) is 1.02. The molecule has 1 rings (SSSR count). The third kappa shape index (κ3) is 3.36. The van der Waals surface area contributed by atoms with Gasteiger partial charge < -0.3 is 9.94 Å². The molecule has 0 heterocycles. The normalized spacial score (nSPS) is 13.7. The van der Waals surface area contributed by atoms with Crippen LogP contribution in [0.15, 0.2) is 35.5 Å². The zero-order chi connectivity index (χ0) is 11.1. The Bertz CT molecular complexity index is 309. The quantitative estimate of drug-likeness (QED) is 0.595. The summed E-state index contributed by atoms with van der Waals surface area (Å²) < 4.78 is 0.